The number of carbonyl (C=O) groups excluding carboxylic acids is 1. The Kier molecular flexibility index (Phi) is 5.14. The third-order valence-corrected chi connectivity index (χ3v) is 5.61. The molecule has 0 saturated carbocycles. The molecule has 0 bridgehead atoms. The molecular formula is C18H17F3N2O3S. The number of halogens is 3. The SMILES string of the molecule is O=C(NCC(F)(F)F)c1ccccc1NS(=O)(=O)c1ccc2c(c1)CCC2. The van der Waals surface area contributed by atoms with Crippen molar-refractivity contribution in [2.24, 2.45) is 0 Å². The zero-order valence-corrected chi connectivity index (χ0v) is 15.0. The molecule has 2 aromatic rings. The Morgan fingerprint density at radius 2 is 1.74 bits per heavy atom. The molecule has 0 aromatic heterocycles. The van der Waals surface area contributed by atoms with Crippen LogP contribution in [-0.4, -0.2) is 27.0 Å². The van der Waals surface area contributed by atoms with E-state index in [1.54, 1.807) is 17.4 Å². The van der Waals surface area contributed by atoms with E-state index in [-0.39, 0.29) is 16.1 Å². The van der Waals surface area contributed by atoms with Gasteiger partial charge in [0, 0.05) is 0 Å². The van der Waals surface area contributed by atoms with Crippen molar-refractivity contribution in [3.63, 3.8) is 0 Å². The highest BCUT2D eigenvalue weighted by Gasteiger charge is 2.28. The van der Waals surface area contributed by atoms with E-state index in [2.05, 4.69) is 4.72 Å². The molecule has 0 heterocycles. The van der Waals surface area contributed by atoms with Crippen LogP contribution in [0.5, 0.6) is 0 Å². The lowest BCUT2D eigenvalue weighted by atomic mass is 10.1. The minimum absolute atomic E-state index is 0.0497. The predicted molar refractivity (Wildman–Crippen MR) is 94.1 cm³/mol. The molecule has 0 atom stereocenters. The molecule has 2 aromatic carbocycles. The van der Waals surface area contributed by atoms with Gasteiger partial charge in [0.2, 0.25) is 0 Å². The third kappa shape index (κ3) is 4.60. The number of rotatable bonds is 5. The third-order valence-electron chi connectivity index (χ3n) is 4.25. The minimum atomic E-state index is -4.56. The summed E-state index contributed by atoms with van der Waals surface area (Å²) in [5.41, 5.74) is 1.80. The van der Waals surface area contributed by atoms with Crippen molar-refractivity contribution < 1.29 is 26.4 Å². The van der Waals surface area contributed by atoms with Crippen LogP contribution >= 0.6 is 0 Å². The summed E-state index contributed by atoms with van der Waals surface area (Å²) in [4.78, 5) is 12.1. The smallest absolute Gasteiger partial charge is 0.343 e. The molecule has 3 rings (SSSR count). The van der Waals surface area contributed by atoms with Gasteiger partial charge in [-0.2, -0.15) is 13.2 Å². The summed E-state index contributed by atoms with van der Waals surface area (Å²) in [6.45, 7) is -1.50. The second kappa shape index (κ2) is 7.22. The van der Waals surface area contributed by atoms with E-state index < -0.39 is 28.7 Å². The maximum Gasteiger partial charge on any atom is 0.405 e. The monoisotopic (exact) mass is 398 g/mol. The Labute approximate surface area is 154 Å². The Balaban J connectivity index is 1.84. The topological polar surface area (TPSA) is 75.3 Å². The van der Waals surface area contributed by atoms with Gasteiger partial charge < -0.3 is 5.32 Å². The van der Waals surface area contributed by atoms with Gasteiger partial charge in [-0.05, 0) is 54.7 Å². The van der Waals surface area contributed by atoms with Crippen LogP contribution in [0.1, 0.15) is 27.9 Å². The first-order valence-corrected chi connectivity index (χ1v) is 9.73. The summed E-state index contributed by atoms with van der Waals surface area (Å²) in [7, 11) is -3.99. The molecule has 0 radical (unpaired) electrons. The summed E-state index contributed by atoms with van der Waals surface area (Å²) in [6, 6.07) is 10.4. The van der Waals surface area contributed by atoms with Gasteiger partial charge in [0.1, 0.15) is 6.54 Å². The fourth-order valence-electron chi connectivity index (χ4n) is 2.96. The van der Waals surface area contributed by atoms with Crippen LogP contribution in [0.15, 0.2) is 47.4 Å². The molecule has 1 amide bonds. The number of sulfonamides is 1. The van der Waals surface area contributed by atoms with Crippen LogP contribution < -0.4 is 10.0 Å². The van der Waals surface area contributed by atoms with Gasteiger partial charge >= 0.3 is 6.18 Å². The molecule has 2 N–H and O–H groups in total. The van der Waals surface area contributed by atoms with Crippen molar-refractivity contribution in [3.8, 4) is 0 Å². The summed E-state index contributed by atoms with van der Waals surface area (Å²) >= 11 is 0. The minimum Gasteiger partial charge on any atom is -0.343 e. The number of anilines is 1. The van der Waals surface area contributed by atoms with Crippen LogP contribution in [0.4, 0.5) is 18.9 Å². The predicted octanol–water partition coefficient (Wildman–Crippen LogP) is 3.27. The van der Waals surface area contributed by atoms with E-state index >= 15 is 0 Å². The van der Waals surface area contributed by atoms with Crippen LogP contribution in [0.3, 0.4) is 0 Å². The van der Waals surface area contributed by atoms with E-state index in [0.717, 1.165) is 30.4 Å². The molecule has 1 aliphatic rings. The summed E-state index contributed by atoms with van der Waals surface area (Å²) in [5.74, 6) is -1.01. The first-order chi connectivity index (χ1) is 12.7. The quantitative estimate of drug-likeness (QED) is 0.812. The van der Waals surface area contributed by atoms with E-state index in [1.165, 1.54) is 30.3 Å². The van der Waals surface area contributed by atoms with Crippen molar-refractivity contribution in [2.75, 3.05) is 11.3 Å². The fraction of sp³-hybridized carbons (Fsp3) is 0.278. The average molecular weight is 398 g/mol. The lowest BCUT2D eigenvalue weighted by molar-refractivity contribution is -0.123. The molecule has 0 unspecified atom stereocenters. The summed E-state index contributed by atoms with van der Waals surface area (Å²) in [6.07, 6.45) is -1.89. The van der Waals surface area contributed by atoms with Gasteiger partial charge in [-0.25, -0.2) is 8.42 Å². The van der Waals surface area contributed by atoms with Crippen LogP contribution in [0.2, 0.25) is 0 Å². The van der Waals surface area contributed by atoms with Gasteiger partial charge in [0.25, 0.3) is 15.9 Å². The molecule has 0 fully saturated rings. The number of hydrogen-bond donors (Lipinski definition) is 2. The van der Waals surface area contributed by atoms with E-state index in [9.17, 15) is 26.4 Å². The second-order valence-corrected chi connectivity index (χ2v) is 7.92. The average Bonchev–Trinajstić information content (AvgIpc) is 3.07. The highest BCUT2D eigenvalue weighted by Crippen LogP contribution is 2.26. The van der Waals surface area contributed by atoms with Gasteiger partial charge in [-0.15, -0.1) is 0 Å². The number of aryl methyl sites for hydroxylation is 2. The number of amides is 1. The summed E-state index contributed by atoms with van der Waals surface area (Å²) in [5, 5.41) is 1.74. The van der Waals surface area contributed by atoms with Crippen molar-refractivity contribution in [1.29, 1.82) is 0 Å². The molecule has 27 heavy (non-hydrogen) atoms. The number of para-hydroxylation sites is 1. The number of hydrogen-bond acceptors (Lipinski definition) is 3. The standard InChI is InChI=1S/C18H17F3N2O3S/c19-18(20,21)11-22-17(24)15-6-1-2-7-16(15)23-27(25,26)14-9-8-12-4-3-5-13(12)10-14/h1-2,6-10,23H,3-5,11H2,(H,22,24). The van der Waals surface area contributed by atoms with Crippen molar-refractivity contribution >= 4 is 21.6 Å². The Morgan fingerprint density at radius 1 is 1.04 bits per heavy atom. The Morgan fingerprint density at radius 3 is 2.48 bits per heavy atom. The molecule has 0 saturated heterocycles. The maximum atomic E-state index is 12.7. The van der Waals surface area contributed by atoms with Crippen LogP contribution in [-0.2, 0) is 22.9 Å². The van der Waals surface area contributed by atoms with E-state index in [0.29, 0.717) is 0 Å². The lowest BCUT2D eigenvalue weighted by Crippen LogP contribution is -2.34. The highest BCUT2D eigenvalue weighted by molar-refractivity contribution is 7.92. The molecule has 1 aliphatic carbocycles. The molecule has 0 spiro atoms. The number of benzene rings is 2. The van der Waals surface area contributed by atoms with Crippen molar-refractivity contribution in [2.45, 2.75) is 30.3 Å². The van der Waals surface area contributed by atoms with Gasteiger partial charge in [-0.1, -0.05) is 18.2 Å². The highest BCUT2D eigenvalue weighted by atomic mass is 32.2. The zero-order valence-electron chi connectivity index (χ0n) is 14.1. The number of fused-ring (bicyclic) bond motifs is 1. The van der Waals surface area contributed by atoms with Crippen molar-refractivity contribution in [3.05, 3.63) is 59.2 Å². The molecule has 144 valence electrons. The second-order valence-electron chi connectivity index (χ2n) is 6.23. The van der Waals surface area contributed by atoms with E-state index in [1.807, 2.05) is 0 Å². The first kappa shape index (κ1) is 19.2. The van der Waals surface area contributed by atoms with Crippen LogP contribution in [0.25, 0.3) is 0 Å². The van der Waals surface area contributed by atoms with E-state index in [4.69, 9.17) is 0 Å². The number of nitrogens with one attached hydrogen (secondary N) is 2. The van der Waals surface area contributed by atoms with Gasteiger partial charge in [0.15, 0.2) is 0 Å². The molecule has 5 nitrogen and oxygen atoms in total. The number of carbonyl (C=O) groups is 1. The Hall–Kier alpha value is -2.55. The van der Waals surface area contributed by atoms with Gasteiger partial charge in [0.05, 0.1) is 16.1 Å². The lowest BCUT2D eigenvalue weighted by Gasteiger charge is -2.14. The Bertz CT molecular complexity index is 972. The molecule has 0 aliphatic heterocycles. The van der Waals surface area contributed by atoms with Crippen LogP contribution in [0, 0.1) is 0 Å². The first-order valence-electron chi connectivity index (χ1n) is 8.24. The fourth-order valence-corrected chi connectivity index (χ4v) is 4.09. The molecule has 9 heteroatoms. The largest absolute Gasteiger partial charge is 0.405 e. The normalized spacial score (nSPS) is 13.9. The maximum absolute atomic E-state index is 12.7. The zero-order chi connectivity index (χ0) is 19.7. The number of alkyl halides is 3. The van der Waals surface area contributed by atoms with Gasteiger partial charge in [-0.3, -0.25) is 9.52 Å². The van der Waals surface area contributed by atoms with Crippen molar-refractivity contribution in [1.82, 2.24) is 5.32 Å². The molecular weight excluding hydrogens is 381 g/mol. The summed E-state index contributed by atoms with van der Waals surface area (Å²) < 4.78 is 64.6.